The smallest absolute Gasteiger partial charge is 0.236 e. The van der Waals surface area contributed by atoms with Gasteiger partial charge < -0.3 is 16.0 Å². The molecule has 4 nitrogen and oxygen atoms in total. The normalized spacial score (nSPS) is 30.7. The maximum absolute atomic E-state index is 11.8. The van der Waals surface area contributed by atoms with Gasteiger partial charge in [-0.05, 0) is 32.1 Å². The van der Waals surface area contributed by atoms with Crippen molar-refractivity contribution in [3.05, 3.63) is 0 Å². The van der Waals surface area contributed by atoms with Crippen molar-refractivity contribution < 1.29 is 4.79 Å². The molecule has 0 aromatic rings. The molecule has 0 bridgehead atoms. The van der Waals surface area contributed by atoms with Gasteiger partial charge in [0.15, 0.2) is 0 Å². The summed E-state index contributed by atoms with van der Waals surface area (Å²) in [4.78, 5) is 13.8. The molecule has 2 rings (SSSR count). The predicted octanol–water partition coefficient (Wildman–Crippen LogP) is 0.468. The zero-order valence-corrected chi connectivity index (χ0v) is 9.95. The number of carbonyl (C=O) groups excluding carboxylic acids is 1. The first-order chi connectivity index (χ1) is 7.75. The summed E-state index contributed by atoms with van der Waals surface area (Å²) >= 11 is 0. The third-order valence-electron chi connectivity index (χ3n) is 3.72. The molecule has 0 spiro atoms. The fourth-order valence-electron chi connectivity index (χ4n) is 2.72. The van der Waals surface area contributed by atoms with Crippen LogP contribution in [0.25, 0.3) is 0 Å². The first kappa shape index (κ1) is 11.9. The Morgan fingerprint density at radius 1 is 1.25 bits per heavy atom. The van der Waals surface area contributed by atoms with Crippen LogP contribution in [0.5, 0.6) is 0 Å². The standard InChI is InChI=1S/C12H23N3O/c13-10-4-3-5-11(8-10)14-9-12(16)15-6-1-2-7-15/h10-11,14H,1-9,13H2. The first-order valence-corrected chi connectivity index (χ1v) is 6.52. The Bertz CT molecular complexity index is 238. The number of hydrogen-bond acceptors (Lipinski definition) is 3. The summed E-state index contributed by atoms with van der Waals surface area (Å²) in [6.07, 6.45) is 6.85. The number of nitrogens with one attached hydrogen (secondary N) is 1. The minimum absolute atomic E-state index is 0.261. The zero-order chi connectivity index (χ0) is 11.4. The minimum atomic E-state index is 0.261. The van der Waals surface area contributed by atoms with Crippen molar-refractivity contribution in [2.75, 3.05) is 19.6 Å². The highest BCUT2D eigenvalue weighted by atomic mass is 16.2. The number of hydrogen-bond donors (Lipinski definition) is 2. The van der Waals surface area contributed by atoms with Gasteiger partial charge in [-0.1, -0.05) is 6.42 Å². The Labute approximate surface area is 97.6 Å². The van der Waals surface area contributed by atoms with E-state index in [1.807, 2.05) is 4.90 Å². The lowest BCUT2D eigenvalue weighted by molar-refractivity contribution is -0.129. The maximum atomic E-state index is 11.8. The van der Waals surface area contributed by atoms with Crippen LogP contribution in [-0.2, 0) is 4.79 Å². The molecule has 1 saturated carbocycles. The molecule has 1 heterocycles. The summed E-state index contributed by atoms with van der Waals surface area (Å²) < 4.78 is 0. The Balaban J connectivity index is 1.67. The molecule has 92 valence electrons. The molecule has 0 aromatic heterocycles. The molecular weight excluding hydrogens is 202 g/mol. The first-order valence-electron chi connectivity index (χ1n) is 6.52. The Hall–Kier alpha value is -0.610. The van der Waals surface area contributed by atoms with E-state index in [-0.39, 0.29) is 5.91 Å². The Morgan fingerprint density at radius 3 is 2.69 bits per heavy atom. The highest BCUT2D eigenvalue weighted by Crippen LogP contribution is 2.16. The Kier molecular flexibility index (Phi) is 4.18. The van der Waals surface area contributed by atoms with Crippen LogP contribution in [0.4, 0.5) is 0 Å². The number of likely N-dealkylation sites (tertiary alicyclic amines) is 1. The van der Waals surface area contributed by atoms with E-state index in [0.29, 0.717) is 18.6 Å². The average Bonchev–Trinajstić information content (AvgIpc) is 2.79. The molecule has 0 aromatic carbocycles. The largest absolute Gasteiger partial charge is 0.342 e. The van der Waals surface area contributed by atoms with Crippen molar-refractivity contribution in [1.82, 2.24) is 10.2 Å². The van der Waals surface area contributed by atoms with Crippen molar-refractivity contribution in [2.24, 2.45) is 5.73 Å². The maximum Gasteiger partial charge on any atom is 0.236 e. The molecule has 1 aliphatic carbocycles. The quantitative estimate of drug-likeness (QED) is 0.734. The lowest BCUT2D eigenvalue weighted by atomic mass is 9.92. The van der Waals surface area contributed by atoms with Crippen molar-refractivity contribution in [3.8, 4) is 0 Å². The second-order valence-corrected chi connectivity index (χ2v) is 5.09. The summed E-state index contributed by atoms with van der Waals surface area (Å²) in [5.41, 5.74) is 5.92. The summed E-state index contributed by atoms with van der Waals surface area (Å²) in [5, 5.41) is 3.36. The number of rotatable bonds is 3. The zero-order valence-electron chi connectivity index (χ0n) is 9.95. The van der Waals surface area contributed by atoms with E-state index in [1.54, 1.807) is 0 Å². The van der Waals surface area contributed by atoms with E-state index in [4.69, 9.17) is 5.73 Å². The van der Waals surface area contributed by atoms with E-state index < -0.39 is 0 Å². The number of nitrogens with zero attached hydrogens (tertiary/aromatic N) is 1. The Morgan fingerprint density at radius 2 is 2.00 bits per heavy atom. The third-order valence-corrected chi connectivity index (χ3v) is 3.72. The summed E-state index contributed by atoms with van der Waals surface area (Å²) in [6.45, 7) is 2.40. The predicted molar refractivity (Wildman–Crippen MR) is 64.0 cm³/mol. The van der Waals surface area contributed by atoms with E-state index in [1.165, 1.54) is 25.7 Å². The van der Waals surface area contributed by atoms with Crippen molar-refractivity contribution in [1.29, 1.82) is 0 Å². The fourth-order valence-corrected chi connectivity index (χ4v) is 2.72. The van der Waals surface area contributed by atoms with E-state index >= 15 is 0 Å². The van der Waals surface area contributed by atoms with Gasteiger partial charge in [-0.2, -0.15) is 0 Å². The molecule has 2 atom stereocenters. The van der Waals surface area contributed by atoms with E-state index in [9.17, 15) is 4.79 Å². The summed E-state index contributed by atoms with van der Waals surface area (Å²) in [7, 11) is 0. The van der Waals surface area contributed by atoms with Gasteiger partial charge in [0.05, 0.1) is 6.54 Å². The average molecular weight is 225 g/mol. The van der Waals surface area contributed by atoms with Gasteiger partial charge in [-0.15, -0.1) is 0 Å². The lowest BCUT2D eigenvalue weighted by Gasteiger charge is -2.28. The van der Waals surface area contributed by atoms with Gasteiger partial charge in [-0.25, -0.2) is 0 Å². The minimum Gasteiger partial charge on any atom is -0.342 e. The van der Waals surface area contributed by atoms with E-state index in [0.717, 1.165) is 25.9 Å². The molecule has 1 amide bonds. The molecular formula is C12H23N3O. The molecule has 3 N–H and O–H groups in total. The summed E-state index contributed by atoms with van der Waals surface area (Å²) in [5.74, 6) is 0.261. The molecule has 2 unspecified atom stereocenters. The number of carbonyl (C=O) groups is 1. The topological polar surface area (TPSA) is 58.4 Å². The van der Waals surface area contributed by atoms with Crippen molar-refractivity contribution >= 4 is 5.91 Å². The fraction of sp³-hybridized carbons (Fsp3) is 0.917. The molecule has 16 heavy (non-hydrogen) atoms. The van der Waals surface area contributed by atoms with Gasteiger partial charge in [0.1, 0.15) is 0 Å². The van der Waals surface area contributed by atoms with Crippen molar-refractivity contribution in [2.45, 2.75) is 50.6 Å². The second kappa shape index (κ2) is 5.64. The molecule has 4 heteroatoms. The van der Waals surface area contributed by atoms with Crippen LogP contribution in [0, 0.1) is 0 Å². The van der Waals surface area contributed by atoms with Crippen LogP contribution in [0.2, 0.25) is 0 Å². The van der Waals surface area contributed by atoms with Crippen LogP contribution in [-0.4, -0.2) is 42.5 Å². The highest BCUT2D eigenvalue weighted by Gasteiger charge is 2.21. The van der Waals surface area contributed by atoms with Crippen LogP contribution in [0.15, 0.2) is 0 Å². The lowest BCUT2D eigenvalue weighted by Crippen LogP contribution is -2.44. The van der Waals surface area contributed by atoms with Crippen LogP contribution < -0.4 is 11.1 Å². The SMILES string of the molecule is NC1CCCC(NCC(=O)N2CCCC2)C1. The van der Waals surface area contributed by atoms with E-state index in [2.05, 4.69) is 5.32 Å². The molecule has 0 radical (unpaired) electrons. The van der Waals surface area contributed by atoms with Crippen LogP contribution >= 0.6 is 0 Å². The van der Waals surface area contributed by atoms with Crippen LogP contribution in [0.1, 0.15) is 38.5 Å². The third kappa shape index (κ3) is 3.19. The van der Waals surface area contributed by atoms with Gasteiger partial charge >= 0.3 is 0 Å². The van der Waals surface area contributed by atoms with Gasteiger partial charge in [0.25, 0.3) is 0 Å². The number of amides is 1. The molecule has 2 fully saturated rings. The van der Waals surface area contributed by atoms with Gasteiger partial charge in [-0.3, -0.25) is 4.79 Å². The van der Waals surface area contributed by atoms with Gasteiger partial charge in [0.2, 0.25) is 5.91 Å². The molecule has 1 aliphatic heterocycles. The van der Waals surface area contributed by atoms with Gasteiger partial charge in [0, 0.05) is 25.2 Å². The molecule has 2 aliphatic rings. The highest BCUT2D eigenvalue weighted by molar-refractivity contribution is 5.78. The second-order valence-electron chi connectivity index (χ2n) is 5.09. The molecule has 1 saturated heterocycles. The van der Waals surface area contributed by atoms with Crippen LogP contribution in [0.3, 0.4) is 0 Å². The summed E-state index contributed by atoms with van der Waals surface area (Å²) in [6, 6.07) is 0.781. The monoisotopic (exact) mass is 225 g/mol. The van der Waals surface area contributed by atoms with Crippen molar-refractivity contribution in [3.63, 3.8) is 0 Å². The number of nitrogens with two attached hydrogens (primary N) is 1.